The van der Waals surface area contributed by atoms with E-state index in [-0.39, 0.29) is 30.6 Å². The van der Waals surface area contributed by atoms with Crippen LogP contribution in [-0.2, 0) is 9.59 Å². The summed E-state index contributed by atoms with van der Waals surface area (Å²) < 4.78 is 31.9. The molecule has 0 aromatic heterocycles. The second kappa shape index (κ2) is 8.29. The van der Waals surface area contributed by atoms with Crippen molar-refractivity contribution in [2.45, 2.75) is 50.5 Å². The number of alkyl halides is 2. The molecule has 1 N–H and O–H groups in total. The first-order chi connectivity index (χ1) is 13.3. The molecule has 1 atom stereocenters. The maximum absolute atomic E-state index is 13.3. The molecular weight excluding hydrogens is 366 g/mol. The van der Waals surface area contributed by atoms with Crippen LogP contribution in [0.15, 0.2) is 24.3 Å². The molecule has 0 unspecified atom stereocenters. The van der Waals surface area contributed by atoms with Crippen LogP contribution < -0.4 is 10.1 Å². The molecule has 2 aliphatic rings. The molecule has 0 bridgehead atoms. The van der Waals surface area contributed by atoms with Crippen molar-refractivity contribution in [2.24, 2.45) is 5.92 Å². The first-order valence-electron chi connectivity index (χ1n) is 9.60. The molecule has 5 nitrogen and oxygen atoms in total. The first-order valence-corrected chi connectivity index (χ1v) is 9.60. The minimum absolute atomic E-state index is 0.0399. The summed E-state index contributed by atoms with van der Waals surface area (Å²) in [4.78, 5) is 25.7. The summed E-state index contributed by atoms with van der Waals surface area (Å²) in [6.45, 7) is 0. The lowest BCUT2D eigenvalue weighted by Gasteiger charge is -2.26. The normalized spacial score (nSPS) is 22.6. The molecule has 1 aromatic rings. The fraction of sp³-hybridized carbons (Fsp3) is 0.524. The number of amides is 2. The number of ether oxygens (including phenoxy) is 1. The lowest BCUT2D eigenvalue weighted by Crippen LogP contribution is -2.38. The van der Waals surface area contributed by atoms with Gasteiger partial charge in [0, 0.05) is 26.3 Å². The van der Waals surface area contributed by atoms with Gasteiger partial charge in [0.2, 0.25) is 17.7 Å². The standard InChI is InChI=1S/C21H26F2N2O3/c1-25-17(6-8-19(25)26)20(27)24-16-13-15(5-7-18(16)28-2)4-3-14-9-11-21(22,23)12-10-14/h3-5,7,13-14,17H,6,8-12H2,1-2H3,(H,24,27)/b4-3+/t17-/m1/s1. The average molecular weight is 392 g/mol. The number of hydrogen-bond donors (Lipinski definition) is 1. The van der Waals surface area contributed by atoms with Gasteiger partial charge in [-0.05, 0) is 42.9 Å². The van der Waals surface area contributed by atoms with Crippen LogP contribution in [0, 0.1) is 5.92 Å². The van der Waals surface area contributed by atoms with Gasteiger partial charge in [-0.15, -0.1) is 0 Å². The van der Waals surface area contributed by atoms with Crippen LogP contribution >= 0.6 is 0 Å². The molecule has 2 fully saturated rings. The highest BCUT2D eigenvalue weighted by Gasteiger charge is 2.34. The fourth-order valence-corrected chi connectivity index (χ4v) is 3.76. The van der Waals surface area contributed by atoms with Gasteiger partial charge in [-0.2, -0.15) is 0 Å². The van der Waals surface area contributed by atoms with E-state index in [1.165, 1.54) is 12.0 Å². The zero-order chi connectivity index (χ0) is 20.3. The zero-order valence-corrected chi connectivity index (χ0v) is 16.2. The summed E-state index contributed by atoms with van der Waals surface area (Å²) in [6.07, 6.45) is 5.54. The van der Waals surface area contributed by atoms with Crippen molar-refractivity contribution in [1.82, 2.24) is 4.90 Å². The summed E-state index contributed by atoms with van der Waals surface area (Å²) in [6, 6.07) is 4.92. The number of methoxy groups -OCH3 is 1. The largest absolute Gasteiger partial charge is 0.495 e. The van der Waals surface area contributed by atoms with Crippen molar-refractivity contribution in [1.29, 1.82) is 0 Å². The smallest absolute Gasteiger partial charge is 0.248 e. The number of nitrogens with one attached hydrogen (secondary N) is 1. The molecule has 1 saturated heterocycles. The van der Waals surface area contributed by atoms with Gasteiger partial charge in [0.1, 0.15) is 11.8 Å². The Morgan fingerprint density at radius 3 is 2.61 bits per heavy atom. The minimum Gasteiger partial charge on any atom is -0.495 e. The summed E-state index contributed by atoms with van der Waals surface area (Å²) in [5, 5.41) is 2.85. The Kier molecular flexibility index (Phi) is 6.01. The minimum atomic E-state index is -2.53. The molecule has 7 heteroatoms. The van der Waals surface area contributed by atoms with E-state index >= 15 is 0 Å². The van der Waals surface area contributed by atoms with Gasteiger partial charge in [0.15, 0.2) is 0 Å². The summed E-state index contributed by atoms with van der Waals surface area (Å²) in [7, 11) is 3.15. The molecule has 0 radical (unpaired) electrons. The molecule has 1 aliphatic heterocycles. The zero-order valence-electron chi connectivity index (χ0n) is 16.2. The SMILES string of the molecule is COc1ccc(/C=C/C2CCC(F)(F)CC2)cc1NC(=O)[C@H]1CCC(=O)N1C. The van der Waals surface area contributed by atoms with Crippen LogP contribution in [0.25, 0.3) is 6.08 Å². The van der Waals surface area contributed by atoms with E-state index in [0.717, 1.165) is 5.56 Å². The van der Waals surface area contributed by atoms with E-state index in [9.17, 15) is 18.4 Å². The third-order valence-corrected chi connectivity index (χ3v) is 5.60. The van der Waals surface area contributed by atoms with Crippen molar-refractivity contribution in [2.75, 3.05) is 19.5 Å². The Balaban J connectivity index is 1.69. The predicted octanol–water partition coefficient (Wildman–Crippen LogP) is 4.09. The van der Waals surface area contributed by atoms with Gasteiger partial charge in [-0.1, -0.05) is 18.2 Å². The number of likely N-dealkylation sites (N-methyl/N-ethyl adjacent to an activating group) is 1. The number of anilines is 1. The maximum atomic E-state index is 13.3. The highest BCUT2D eigenvalue weighted by molar-refractivity contribution is 6.00. The van der Waals surface area contributed by atoms with Gasteiger partial charge in [0.25, 0.3) is 0 Å². The van der Waals surface area contributed by atoms with Crippen molar-refractivity contribution in [3.8, 4) is 5.75 Å². The van der Waals surface area contributed by atoms with Crippen molar-refractivity contribution in [3.05, 3.63) is 29.8 Å². The number of benzene rings is 1. The van der Waals surface area contributed by atoms with Crippen molar-refractivity contribution in [3.63, 3.8) is 0 Å². The second-order valence-electron chi connectivity index (χ2n) is 7.56. The number of allylic oxidation sites excluding steroid dienone is 1. The summed E-state index contributed by atoms with van der Waals surface area (Å²) in [5.41, 5.74) is 1.38. The number of nitrogens with zero attached hydrogens (tertiary/aromatic N) is 1. The molecule has 1 saturated carbocycles. The number of hydrogen-bond acceptors (Lipinski definition) is 3. The van der Waals surface area contributed by atoms with Crippen LogP contribution in [0.3, 0.4) is 0 Å². The van der Waals surface area contributed by atoms with Crippen LogP contribution in [0.2, 0.25) is 0 Å². The molecular formula is C21H26F2N2O3. The predicted molar refractivity (Wildman–Crippen MR) is 103 cm³/mol. The van der Waals surface area contributed by atoms with E-state index in [1.54, 1.807) is 19.2 Å². The summed E-state index contributed by atoms with van der Waals surface area (Å²) >= 11 is 0. The highest BCUT2D eigenvalue weighted by atomic mass is 19.3. The van der Waals surface area contributed by atoms with Crippen LogP contribution in [-0.4, -0.2) is 42.8 Å². The molecule has 28 heavy (non-hydrogen) atoms. The number of rotatable bonds is 5. The molecule has 1 aromatic carbocycles. The third kappa shape index (κ3) is 4.69. The lowest BCUT2D eigenvalue weighted by molar-refractivity contribution is -0.131. The van der Waals surface area contributed by atoms with Gasteiger partial charge in [-0.25, -0.2) is 8.78 Å². The van der Waals surface area contributed by atoms with Gasteiger partial charge < -0.3 is 15.0 Å². The average Bonchev–Trinajstić information content (AvgIpc) is 3.00. The second-order valence-corrected chi connectivity index (χ2v) is 7.56. The van der Waals surface area contributed by atoms with E-state index in [1.807, 2.05) is 18.2 Å². The monoisotopic (exact) mass is 392 g/mol. The third-order valence-electron chi connectivity index (χ3n) is 5.60. The quantitative estimate of drug-likeness (QED) is 0.821. The van der Waals surface area contributed by atoms with E-state index in [0.29, 0.717) is 37.1 Å². The highest BCUT2D eigenvalue weighted by Crippen LogP contribution is 2.37. The molecule has 3 rings (SSSR count). The molecule has 2 amide bonds. The number of halogens is 2. The maximum Gasteiger partial charge on any atom is 0.248 e. The summed E-state index contributed by atoms with van der Waals surface area (Å²) in [5.74, 6) is -2.16. The van der Waals surface area contributed by atoms with E-state index in [4.69, 9.17) is 4.74 Å². The molecule has 1 aliphatic carbocycles. The first kappa shape index (κ1) is 20.3. The Bertz CT molecular complexity index is 769. The Labute approximate surface area is 163 Å². The Morgan fingerprint density at radius 2 is 2.00 bits per heavy atom. The molecule has 1 heterocycles. The lowest BCUT2D eigenvalue weighted by atomic mass is 9.86. The van der Waals surface area contributed by atoms with Crippen molar-refractivity contribution < 1.29 is 23.1 Å². The van der Waals surface area contributed by atoms with Crippen LogP contribution in [0.1, 0.15) is 44.1 Å². The van der Waals surface area contributed by atoms with Gasteiger partial charge in [0.05, 0.1) is 12.8 Å². The fourth-order valence-electron chi connectivity index (χ4n) is 3.76. The van der Waals surface area contributed by atoms with E-state index in [2.05, 4.69) is 5.32 Å². The van der Waals surface area contributed by atoms with E-state index < -0.39 is 12.0 Å². The topological polar surface area (TPSA) is 58.6 Å². The number of carbonyl (C=O) groups excluding carboxylic acids is 2. The number of likely N-dealkylation sites (tertiary alicyclic amines) is 1. The van der Waals surface area contributed by atoms with Crippen LogP contribution in [0.5, 0.6) is 5.75 Å². The van der Waals surface area contributed by atoms with Gasteiger partial charge in [-0.3, -0.25) is 9.59 Å². The van der Waals surface area contributed by atoms with Crippen LogP contribution in [0.4, 0.5) is 14.5 Å². The van der Waals surface area contributed by atoms with Crippen molar-refractivity contribution >= 4 is 23.6 Å². The van der Waals surface area contributed by atoms with Gasteiger partial charge >= 0.3 is 0 Å². The molecule has 0 spiro atoms. The number of carbonyl (C=O) groups is 2. The Hall–Kier alpha value is -2.44. The Morgan fingerprint density at radius 1 is 1.29 bits per heavy atom. The molecule has 152 valence electrons.